The van der Waals surface area contributed by atoms with Gasteiger partial charge in [0.2, 0.25) is 0 Å². The van der Waals surface area contributed by atoms with E-state index >= 15 is 0 Å². The summed E-state index contributed by atoms with van der Waals surface area (Å²) in [6.07, 6.45) is 1.31. The van der Waals surface area contributed by atoms with Crippen LogP contribution in [0.25, 0.3) is 5.69 Å². The molecule has 2 N–H and O–H groups in total. The largest absolute Gasteiger partial charge is 0.497 e. The van der Waals surface area contributed by atoms with Gasteiger partial charge in [-0.15, -0.1) is 0 Å². The van der Waals surface area contributed by atoms with Gasteiger partial charge in [0.25, 0.3) is 11.5 Å². The van der Waals surface area contributed by atoms with Crippen LogP contribution in [0.1, 0.15) is 11.3 Å². The second-order valence-electron chi connectivity index (χ2n) is 6.00. The molecule has 0 fully saturated rings. The third-order valence-electron chi connectivity index (χ3n) is 4.01. The van der Waals surface area contributed by atoms with Gasteiger partial charge in [-0.05, 0) is 53.2 Å². The summed E-state index contributed by atoms with van der Waals surface area (Å²) in [6, 6.07) is 14.3. The molecule has 150 valence electrons. The van der Waals surface area contributed by atoms with Crippen molar-refractivity contribution in [3.63, 3.8) is 0 Å². The van der Waals surface area contributed by atoms with E-state index < -0.39 is 5.91 Å². The Hall–Kier alpha value is -3.33. The van der Waals surface area contributed by atoms with Crippen molar-refractivity contribution in [2.24, 2.45) is 5.10 Å². The van der Waals surface area contributed by atoms with Crippen LogP contribution in [-0.2, 0) is 4.79 Å². The first-order valence-corrected chi connectivity index (χ1v) is 9.44. The second kappa shape index (κ2) is 9.24. The highest BCUT2D eigenvalue weighted by molar-refractivity contribution is 9.10. The first kappa shape index (κ1) is 20.4. The highest BCUT2D eigenvalue weighted by Crippen LogP contribution is 2.28. The number of hydrogen-bond acceptors (Lipinski definition) is 5. The van der Waals surface area contributed by atoms with E-state index in [4.69, 9.17) is 9.47 Å². The predicted molar refractivity (Wildman–Crippen MR) is 113 cm³/mol. The number of H-pyrrole nitrogens is 1. The summed E-state index contributed by atoms with van der Waals surface area (Å²) in [7, 11) is 1.56. The number of methoxy groups -OCH3 is 1. The number of hydrazone groups is 1. The van der Waals surface area contributed by atoms with Crippen molar-refractivity contribution in [3.8, 4) is 17.2 Å². The number of aromatic nitrogens is 2. The Bertz CT molecular complexity index is 1090. The number of halogens is 1. The fraction of sp³-hybridized carbons (Fsp3) is 0.150. The van der Waals surface area contributed by atoms with Crippen molar-refractivity contribution < 1.29 is 14.3 Å². The lowest BCUT2D eigenvalue weighted by Gasteiger charge is -2.08. The molecule has 0 saturated heterocycles. The highest BCUT2D eigenvalue weighted by Gasteiger charge is 2.11. The quantitative estimate of drug-likeness (QED) is 0.420. The summed E-state index contributed by atoms with van der Waals surface area (Å²) in [6.45, 7) is 1.52. The Morgan fingerprint density at radius 1 is 1.28 bits per heavy atom. The molecule has 0 atom stereocenters. The van der Waals surface area contributed by atoms with E-state index in [1.165, 1.54) is 10.9 Å². The Kier molecular flexibility index (Phi) is 6.50. The molecule has 0 bridgehead atoms. The fourth-order valence-electron chi connectivity index (χ4n) is 2.54. The number of hydrogen-bond donors (Lipinski definition) is 2. The van der Waals surface area contributed by atoms with Crippen LogP contribution < -0.4 is 20.5 Å². The Morgan fingerprint density at radius 3 is 2.72 bits per heavy atom. The molecule has 1 aromatic heterocycles. The summed E-state index contributed by atoms with van der Waals surface area (Å²) in [5.41, 5.74) is 3.79. The minimum Gasteiger partial charge on any atom is -0.497 e. The number of rotatable bonds is 7. The van der Waals surface area contributed by atoms with Crippen LogP contribution in [0.3, 0.4) is 0 Å². The molecule has 0 aliphatic carbocycles. The van der Waals surface area contributed by atoms with Gasteiger partial charge in [-0.2, -0.15) is 5.10 Å². The Morgan fingerprint density at radius 2 is 2.03 bits per heavy atom. The van der Waals surface area contributed by atoms with Crippen LogP contribution in [0.2, 0.25) is 0 Å². The zero-order valence-corrected chi connectivity index (χ0v) is 17.4. The molecule has 3 rings (SSSR count). The number of amides is 1. The monoisotopic (exact) mass is 458 g/mol. The van der Waals surface area contributed by atoms with Gasteiger partial charge < -0.3 is 9.47 Å². The summed E-state index contributed by atoms with van der Waals surface area (Å²) in [5.74, 6) is 0.707. The van der Waals surface area contributed by atoms with Crippen molar-refractivity contribution in [2.75, 3.05) is 13.7 Å². The number of ether oxygens (including phenoxy) is 2. The van der Waals surface area contributed by atoms with Crippen molar-refractivity contribution in [1.82, 2.24) is 15.2 Å². The van der Waals surface area contributed by atoms with Crippen LogP contribution in [0.5, 0.6) is 11.5 Å². The van der Waals surface area contributed by atoms with Gasteiger partial charge in [0.15, 0.2) is 6.61 Å². The molecule has 0 unspecified atom stereocenters. The van der Waals surface area contributed by atoms with Gasteiger partial charge in [0.1, 0.15) is 11.5 Å². The van der Waals surface area contributed by atoms with E-state index in [9.17, 15) is 9.59 Å². The van der Waals surface area contributed by atoms with Gasteiger partial charge in [-0.3, -0.25) is 14.7 Å². The normalized spacial score (nSPS) is 10.9. The average Bonchev–Trinajstić information content (AvgIpc) is 3.01. The lowest BCUT2D eigenvalue weighted by Crippen LogP contribution is -2.25. The maximum absolute atomic E-state index is 12.6. The van der Waals surface area contributed by atoms with E-state index in [0.717, 1.165) is 0 Å². The van der Waals surface area contributed by atoms with Gasteiger partial charge >= 0.3 is 0 Å². The zero-order valence-electron chi connectivity index (χ0n) is 15.8. The molecule has 1 heterocycles. The molecule has 0 aliphatic heterocycles. The molecule has 0 aliphatic rings. The molecule has 0 spiro atoms. The number of carbonyl (C=O) groups is 1. The molecule has 0 radical (unpaired) electrons. The minimum atomic E-state index is -0.458. The van der Waals surface area contributed by atoms with Crippen molar-refractivity contribution in [3.05, 3.63) is 74.6 Å². The predicted octanol–water partition coefficient (Wildman–Crippen LogP) is 2.77. The molecular formula is C20H19BrN4O4. The standard InChI is InChI=1S/C20H19BrN4O4/c1-13-16(20(27)25(24-13)14-6-4-3-5-7-14)11-22-23-19(26)12-29-18-9-8-15(28-2)10-17(18)21/h3-11,24H,12H2,1-2H3,(H,23,26)/b22-11+. The smallest absolute Gasteiger partial charge is 0.280 e. The van der Waals surface area contributed by atoms with E-state index in [1.54, 1.807) is 32.2 Å². The molecule has 0 saturated carbocycles. The minimum absolute atomic E-state index is 0.233. The first-order chi connectivity index (χ1) is 14.0. The third-order valence-corrected chi connectivity index (χ3v) is 4.63. The average molecular weight is 459 g/mol. The number of nitrogens with one attached hydrogen (secondary N) is 2. The zero-order chi connectivity index (χ0) is 20.8. The Balaban J connectivity index is 1.61. The summed E-state index contributed by atoms with van der Waals surface area (Å²) < 4.78 is 12.6. The molecule has 1 amide bonds. The number of aryl methyl sites for hydroxylation is 1. The van der Waals surface area contributed by atoms with Crippen LogP contribution in [0.4, 0.5) is 0 Å². The summed E-state index contributed by atoms with van der Waals surface area (Å²) in [4.78, 5) is 24.5. The number of aromatic amines is 1. The van der Waals surface area contributed by atoms with Crippen LogP contribution in [0, 0.1) is 6.92 Å². The SMILES string of the molecule is COc1ccc(OCC(=O)N/N=C/c2c(C)[nH]n(-c3ccccc3)c2=O)c(Br)c1. The van der Waals surface area contributed by atoms with Gasteiger partial charge in [-0.1, -0.05) is 18.2 Å². The number of carbonyl (C=O) groups excluding carboxylic acids is 1. The second-order valence-corrected chi connectivity index (χ2v) is 6.86. The fourth-order valence-corrected chi connectivity index (χ4v) is 3.01. The summed E-state index contributed by atoms with van der Waals surface area (Å²) in [5, 5.41) is 6.85. The first-order valence-electron chi connectivity index (χ1n) is 8.65. The molecule has 3 aromatic rings. The topological polar surface area (TPSA) is 97.7 Å². The van der Waals surface area contributed by atoms with E-state index in [2.05, 4.69) is 31.6 Å². The Labute approximate surface area is 175 Å². The van der Waals surface area contributed by atoms with Crippen molar-refractivity contribution >= 4 is 28.1 Å². The van der Waals surface area contributed by atoms with Gasteiger partial charge in [0, 0.05) is 5.69 Å². The highest BCUT2D eigenvalue weighted by atomic mass is 79.9. The van der Waals surface area contributed by atoms with Crippen LogP contribution >= 0.6 is 15.9 Å². The van der Waals surface area contributed by atoms with Crippen molar-refractivity contribution in [2.45, 2.75) is 6.92 Å². The van der Waals surface area contributed by atoms with E-state index in [1.807, 2.05) is 30.3 Å². The van der Waals surface area contributed by atoms with Gasteiger partial charge in [-0.25, -0.2) is 10.1 Å². The lowest BCUT2D eigenvalue weighted by molar-refractivity contribution is -0.123. The van der Waals surface area contributed by atoms with Crippen LogP contribution in [-0.4, -0.2) is 35.6 Å². The van der Waals surface area contributed by atoms with E-state index in [0.29, 0.717) is 32.9 Å². The number of para-hydroxylation sites is 1. The molecular weight excluding hydrogens is 440 g/mol. The van der Waals surface area contributed by atoms with Gasteiger partial charge in [0.05, 0.1) is 29.0 Å². The van der Waals surface area contributed by atoms with Crippen molar-refractivity contribution in [1.29, 1.82) is 0 Å². The molecule has 2 aromatic carbocycles. The third kappa shape index (κ3) is 4.94. The summed E-state index contributed by atoms with van der Waals surface area (Å²) >= 11 is 3.35. The maximum atomic E-state index is 12.6. The number of nitrogens with zero attached hydrogens (tertiary/aromatic N) is 2. The molecule has 9 heteroatoms. The van der Waals surface area contributed by atoms with E-state index in [-0.39, 0.29) is 12.2 Å². The lowest BCUT2D eigenvalue weighted by atomic mass is 10.3. The molecule has 29 heavy (non-hydrogen) atoms. The maximum Gasteiger partial charge on any atom is 0.280 e. The van der Waals surface area contributed by atoms with Crippen LogP contribution in [0.15, 0.2) is 62.9 Å². The molecule has 8 nitrogen and oxygen atoms in total. The number of benzene rings is 2.